The minimum Gasteiger partial charge on any atom is -0.368 e. The number of pyridine rings is 1. The molecule has 2 aliphatic rings. The summed E-state index contributed by atoms with van der Waals surface area (Å²) in [6.45, 7) is 3.99. The van der Waals surface area contributed by atoms with E-state index in [1.54, 1.807) is 24.3 Å². The Balaban J connectivity index is 1.72. The molecule has 2 amide bonds. The van der Waals surface area contributed by atoms with Gasteiger partial charge in [-0.2, -0.15) is 0 Å². The van der Waals surface area contributed by atoms with Gasteiger partial charge in [-0.15, -0.1) is 0 Å². The number of rotatable bonds is 1. The third-order valence-corrected chi connectivity index (χ3v) is 4.43. The van der Waals surface area contributed by atoms with Crippen LogP contribution in [0.15, 0.2) is 18.5 Å². The van der Waals surface area contributed by atoms with Crippen molar-refractivity contribution in [3.63, 3.8) is 0 Å². The molecule has 0 bridgehead atoms. The summed E-state index contributed by atoms with van der Waals surface area (Å²) in [5.41, 5.74) is 1.60. The first-order valence-electron chi connectivity index (χ1n) is 7.61. The van der Waals surface area contributed by atoms with E-state index in [1.165, 1.54) is 0 Å². The largest absolute Gasteiger partial charge is 0.368 e. The molecule has 2 saturated heterocycles. The van der Waals surface area contributed by atoms with Crippen LogP contribution in [-0.2, 0) is 9.53 Å². The van der Waals surface area contributed by atoms with E-state index < -0.39 is 0 Å². The normalized spacial score (nSPS) is 25.6. The highest BCUT2D eigenvalue weighted by Gasteiger charge is 2.36. The van der Waals surface area contributed by atoms with Gasteiger partial charge < -0.3 is 14.5 Å². The Bertz CT molecular complexity index is 590. The maximum absolute atomic E-state index is 12.6. The zero-order chi connectivity index (χ0) is 15.7. The molecule has 0 spiro atoms. The number of hydrogen-bond acceptors (Lipinski definition) is 4. The molecule has 3 heterocycles. The number of likely N-dealkylation sites (tertiary alicyclic amines) is 1. The zero-order valence-electron chi connectivity index (χ0n) is 13.0. The number of aromatic nitrogens is 1. The smallest absolute Gasteiger partial charge is 0.255 e. The van der Waals surface area contributed by atoms with E-state index in [1.807, 2.05) is 17.9 Å². The third kappa shape index (κ3) is 2.97. The topological polar surface area (TPSA) is 62.7 Å². The van der Waals surface area contributed by atoms with Crippen molar-refractivity contribution in [2.75, 3.05) is 33.3 Å². The molecule has 3 rings (SSSR count). The maximum atomic E-state index is 12.6. The standard InChI is InChI=1S/C16H21N3O3/c1-11-5-12(7-17-6-11)16(21)19-4-3-14-13(9-19)8-18(2)15(20)10-22-14/h5-7,13-14H,3-4,8-10H2,1-2H3/t13-,14-/m0/s1. The lowest BCUT2D eigenvalue weighted by Crippen LogP contribution is -2.48. The predicted molar refractivity (Wildman–Crippen MR) is 80.4 cm³/mol. The van der Waals surface area contributed by atoms with Crippen LogP contribution in [0, 0.1) is 12.8 Å². The molecule has 0 saturated carbocycles. The molecule has 2 atom stereocenters. The molecule has 0 aromatic carbocycles. The number of nitrogens with zero attached hydrogens (tertiary/aromatic N) is 3. The van der Waals surface area contributed by atoms with Crippen LogP contribution in [0.1, 0.15) is 22.3 Å². The van der Waals surface area contributed by atoms with Crippen LogP contribution in [0.2, 0.25) is 0 Å². The number of fused-ring (bicyclic) bond motifs is 1. The molecule has 118 valence electrons. The first-order valence-corrected chi connectivity index (χ1v) is 7.61. The zero-order valence-corrected chi connectivity index (χ0v) is 13.0. The number of hydrogen-bond donors (Lipinski definition) is 0. The molecule has 0 unspecified atom stereocenters. The molecule has 0 N–H and O–H groups in total. The van der Waals surface area contributed by atoms with Crippen molar-refractivity contribution >= 4 is 11.8 Å². The van der Waals surface area contributed by atoms with Gasteiger partial charge in [-0.25, -0.2) is 0 Å². The Morgan fingerprint density at radius 2 is 2.18 bits per heavy atom. The fourth-order valence-electron chi connectivity index (χ4n) is 3.19. The highest BCUT2D eigenvalue weighted by atomic mass is 16.5. The molecule has 1 aromatic heterocycles. The van der Waals surface area contributed by atoms with Crippen molar-refractivity contribution < 1.29 is 14.3 Å². The summed E-state index contributed by atoms with van der Waals surface area (Å²) >= 11 is 0. The number of piperidine rings is 1. The lowest BCUT2D eigenvalue weighted by Gasteiger charge is -2.37. The van der Waals surface area contributed by atoms with Gasteiger partial charge >= 0.3 is 0 Å². The molecular weight excluding hydrogens is 282 g/mol. The van der Waals surface area contributed by atoms with E-state index in [-0.39, 0.29) is 30.4 Å². The van der Waals surface area contributed by atoms with Crippen LogP contribution in [0.3, 0.4) is 0 Å². The number of likely N-dealkylation sites (N-methyl/N-ethyl adjacent to an activating group) is 1. The van der Waals surface area contributed by atoms with Gasteiger partial charge in [-0.3, -0.25) is 14.6 Å². The van der Waals surface area contributed by atoms with Crippen LogP contribution in [0.25, 0.3) is 0 Å². The first-order chi connectivity index (χ1) is 10.5. The fourth-order valence-corrected chi connectivity index (χ4v) is 3.19. The van der Waals surface area contributed by atoms with Crippen molar-refractivity contribution in [2.24, 2.45) is 5.92 Å². The lowest BCUT2D eigenvalue weighted by molar-refractivity contribution is -0.133. The van der Waals surface area contributed by atoms with Crippen molar-refractivity contribution in [2.45, 2.75) is 19.4 Å². The van der Waals surface area contributed by atoms with Gasteiger partial charge in [0, 0.05) is 45.0 Å². The van der Waals surface area contributed by atoms with Crippen molar-refractivity contribution in [1.29, 1.82) is 0 Å². The number of amides is 2. The van der Waals surface area contributed by atoms with Crippen LogP contribution in [0.4, 0.5) is 0 Å². The molecule has 0 radical (unpaired) electrons. The van der Waals surface area contributed by atoms with Gasteiger partial charge in [0.25, 0.3) is 5.91 Å². The second-order valence-electron chi connectivity index (χ2n) is 6.17. The Kier molecular flexibility index (Phi) is 4.11. The first kappa shape index (κ1) is 15.0. The van der Waals surface area contributed by atoms with Crippen LogP contribution in [-0.4, -0.2) is 66.0 Å². The fraction of sp³-hybridized carbons (Fsp3) is 0.562. The van der Waals surface area contributed by atoms with Gasteiger partial charge in [0.1, 0.15) is 6.61 Å². The highest BCUT2D eigenvalue weighted by Crippen LogP contribution is 2.24. The summed E-state index contributed by atoms with van der Waals surface area (Å²) in [6, 6.07) is 1.86. The van der Waals surface area contributed by atoms with E-state index in [0.717, 1.165) is 12.0 Å². The van der Waals surface area contributed by atoms with Gasteiger partial charge in [0.2, 0.25) is 5.91 Å². The van der Waals surface area contributed by atoms with Gasteiger partial charge in [-0.1, -0.05) is 0 Å². The van der Waals surface area contributed by atoms with Gasteiger partial charge in [0.15, 0.2) is 0 Å². The molecule has 2 fully saturated rings. The summed E-state index contributed by atoms with van der Waals surface area (Å²) < 4.78 is 5.70. The predicted octanol–water partition coefficient (Wildman–Crippen LogP) is 0.709. The molecule has 6 nitrogen and oxygen atoms in total. The van der Waals surface area contributed by atoms with E-state index in [0.29, 0.717) is 25.2 Å². The van der Waals surface area contributed by atoms with E-state index in [2.05, 4.69) is 4.98 Å². The van der Waals surface area contributed by atoms with Crippen molar-refractivity contribution in [1.82, 2.24) is 14.8 Å². The summed E-state index contributed by atoms with van der Waals surface area (Å²) in [4.78, 5) is 32.0. The molecular formula is C16H21N3O3. The lowest BCUT2D eigenvalue weighted by atomic mass is 9.93. The second kappa shape index (κ2) is 6.04. The van der Waals surface area contributed by atoms with Crippen LogP contribution in [0.5, 0.6) is 0 Å². The highest BCUT2D eigenvalue weighted by molar-refractivity contribution is 5.94. The van der Waals surface area contributed by atoms with E-state index >= 15 is 0 Å². The van der Waals surface area contributed by atoms with Crippen molar-refractivity contribution in [3.05, 3.63) is 29.6 Å². The minimum atomic E-state index is 0.00729. The average molecular weight is 303 g/mol. The summed E-state index contributed by atoms with van der Waals surface area (Å²) in [5.74, 6) is 0.190. The van der Waals surface area contributed by atoms with Crippen LogP contribution < -0.4 is 0 Å². The average Bonchev–Trinajstić information content (AvgIpc) is 2.65. The monoisotopic (exact) mass is 303 g/mol. The summed E-state index contributed by atoms with van der Waals surface area (Å²) in [7, 11) is 1.79. The van der Waals surface area contributed by atoms with E-state index in [9.17, 15) is 9.59 Å². The molecule has 1 aromatic rings. The molecule has 6 heteroatoms. The summed E-state index contributed by atoms with van der Waals surface area (Å²) in [5, 5.41) is 0. The maximum Gasteiger partial charge on any atom is 0.255 e. The SMILES string of the molecule is Cc1cncc(C(=O)N2CC[C@@H]3OCC(=O)N(C)C[C@H]3C2)c1. The number of carbonyl (C=O) groups is 2. The van der Waals surface area contributed by atoms with E-state index in [4.69, 9.17) is 4.74 Å². The third-order valence-electron chi connectivity index (χ3n) is 4.43. The number of ether oxygens (including phenoxy) is 1. The minimum absolute atomic E-state index is 0.00729. The van der Waals surface area contributed by atoms with Gasteiger partial charge in [-0.05, 0) is 25.0 Å². The second-order valence-corrected chi connectivity index (χ2v) is 6.17. The molecule has 22 heavy (non-hydrogen) atoms. The van der Waals surface area contributed by atoms with Crippen LogP contribution >= 0.6 is 0 Å². The Morgan fingerprint density at radius 3 is 2.95 bits per heavy atom. The number of aryl methyl sites for hydroxylation is 1. The quantitative estimate of drug-likeness (QED) is 0.766. The molecule has 0 aliphatic carbocycles. The Labute approximate surface area is 130 Å². The van der Waals surface area contributed by atoms with Gasteiger partial charge in [0.05, 0.1) is 11.7 Å². The summed E-state index contributed by atoms with van der Waals surface area (Å²) in [6.07, 6.45) is 4.19. The molecule has 2 aliphatic heterocycles. The Morgan fingerprint density at radius 1 is 1.36 bits per heavy atom. The van der Waals surface area contributed by atoms with Crippen molar-refractivity contribution in [3.8, 4) is 0 Å². The Hall–Kier alpha value is -1.95. The number of carbonyl (C=O) groups excluding carboxylic acids is 2.